The molecule has 104 valence electrons. The Balaban J connectivity index is 1.76. The molecule has 1 aromatic heterocycles. The van der Waals surface area contributed by atoms with E-state index in [0.717, 1.165) is 17.0 Å². The van der Waals surface area contributed by atoms with Crippen LogP contribution in [-0.4, -0.2) is 12.2 Å². The molecule has 1 aliphatic rings. The van der Waals surface area contributed by atoms with E-state index in [1.807, 2.05) is 42.6 Å². The Labute approximate surface area is 121 Å². The van der Waals surface area contributed by atoms with Crippen LogP contribution in [0.4, 0.5) is 10.5 Å². The van der Waals surface area contributed by atoms with Gasteiger partial charge in [0.15, 0.2) is 0 Å². The van der Waals surface area contributed by atoms with E-state index in [-0.39, 0.29) is 6.10 Å². The SMILES string of the molecule is CC1Cc2cc(OCc3cccs3)ccc2NC(=O)O1. The Kier molecular flexibility index (Phi) is 3.60. The van der Waals surface area contributed by atoms with Gasteiger partial charge >= 0.3 is 6.09 Å². The van der Waals surface area contributed by atoms with Gasteiger partial charge in [-0.25, -0.2) is 4.79 Å². The molecule has 4 nitrogen and oxygen atoms in total. The van der Waals surface area contributed by atoms with Gasteiger partial charge in [-0.1, -0.05) is 6.07 Å². The molecule has 1 atom stereocenters. The van der Waals surface area contributed by atoms with Crippen molar-refractivity contribution in [2.45, 2.75) is 26.1 Å². The molecule has 0 aliphatic carbocycles. The molecular weight excluding hydrogens is 274 g/mol. The third kappa shape index (κ3) is 2.93. The van der Waals surface area contributed by atoms with Crippen LogP contribution in [0, 0.1) is 0 Å². The molecule has 0 bridgehead atoms. The van der Waals surface area contributed by atoms with Gasteiger partial charge in [-0.3, -0.25) is 5.32 Å². The quantitative estimate of drug-likeness (QED) is 0.934. The topological polar surface area (TPSA) is 47.6 Å². The fourth-order valence-electron chi connectivity index (χ4n) is 2.17. The number of ether oxygens (including phenoxy) is 2. The van der Waals surface area contributed by atoms with Crippen LogP contribution in [0.15, 0.2) is 35.7 Å². The fourth-order valence-corrected chi connectivity index (χ4v) is 2.79. The number of carbonyl (C=O) groups excluding carboxylic acids is 1. The van der Waals surface area contributed by atoms with Gasteiger partial charge in [0.1, 0.15) is 18.5 Å². The first-order valence-electron chi connectivity index (χ1n) is 6.46. The highest BCUT2D eigenvalue weighted by molar-refractivity contribution is 7.09. The summed E-state index contributed by atoms with van der Waals surface area (Å²) in [7, 11) is 0. The lowest BCUT2D eigenvalue weighted by Crippen LogP contribution is -2.17. The highest BCUT2D eigenvalue weighted by atomic mass is 32.1. The van der Waals surface area contributed by atoms with Crippen molar-refractivity contribution in [3.05, 3.63) is 46.2 Å². The van der Waals surface area contributed by atoms with Crippen molar-refractivity contribution in [3.8, 4) is 5.75 Å². The number of cyclic esters (lactones) is 1. The third-order valence-electron chi connectivity index (χ3n) is 3.09. The van der Waals surface area contributed by atoms with Gasteiger partial charge in [-0.2, -0.15) is 0 Å². The lowest BCUT2D eigenvalue weighted by molar-refractivity contribution is 0.123. The van der Waals surface area contributed by atoms with Crippen molar-refractivity contribution in [3.63, 3.8) is 0 Å². The number of hydrogen-bond donors (Lipinski definition) is 1. The van der Waals surface area contributed by atoms with Crippen LogP contribution in [0.2, 0.25) is 0 Å². The van der Waals surface area contributed by atoms with Gasteiger partial charge in [0, 0.05) is 17.0 Å². The van der Waals surface area contributed by atoms with Crippen molar-refractivity contribution < 1.29 is 14.3 Å². The molecule has 20 heavy (non-hydrogen) atoms. The standard InChI is InChI=1S/C15H15NO3S/c1-10-7-11-8-12(18-9-13-3-2-6-20-13)4-5-14(11)16-15(17)19-10/h2-6,8,10H,7,9H2,1H3,(H,16,17). The van der Waals surface area contributed by atoms with Crippen LogP contribution in [0.5, 0.6) is 5.75 Å². The summed E-state index contributed by atoms with van der Waals surface area (Å²) >= 11 is 1.67. The van der Waals surface area contributed by atoms with Gasteiger partial charge < -0.3 is 9.47 Å². The average molecular weight is 289 g/mol. The lowest BCUT2D eigenvalue weighted by atomic mass is 10.1. The Morgan fingerprint density at radius 2 is 2.35 bits per heavy atom. The average Bonchev–Trinajstić information content (AvgIpc) is 2.87. The highest BCUT2D eigenvalue weighted by Crippen LogP contribution is 2.27. The van der Waals surface area contributed by atoms with Crippen LogP contribution in [0.1, 0.15) is 17.4 Å². The maximum absolute atomic E-state index is 11.5. The summed E-state index contributed by atoms with van der Waals surface area (Å²) in [6, 6.07) is 9.74. The van der Waals surface area contributed by atoms with Crippen molar-refractivity contribution in [2.75, 3.05) is 5.32 Å². The second kappa shape index (κ2) is 5.54. The lowest BCUT2D eigenvalue weighted by Gasteiger charge is -2.10. The van der Waals surface area contributed by atoms with Crippen LogP contribution >= 0.6 is 11.3 Å². The van der Waals surface area contributed by atoms with E-state index in [1.54, 1.807) is 11.3 Å². The molecule has 1 unspecified atom stereocenters. The van der Waals surface area contributed by atoms with Crippen molar-refractivity contribution >= 4 is 23.1 Å². The van der Waals surface area contributed by atoms with E-state index in [1.165, 1.54) is 4.88 Å². The van der Waals surface area contributed by atoms with E-state index in [4.69, 9.17) is 9.47 Å². The van der Waals surface area contributed by atoms with Gasteiger partial charge in [-0.05, 0) is 42.1 Å². The summed E-state index contributed by atoms with van der Waals surface area (Å²) in [6.45, 7) is 2.45. The molecular formula is C15H15NO3S. The number of fused-ring (bicyclic) bond motifs is 1. The molecule has 5 heteroatoms. The van der Waals surface area contributed by atoms with Gasteiger partial charge in [-0.15, -0.1) is 11.3 Å². The number of rotatable bonds is 3. The molecule has 0 spiro atoms. The Morgan fingerprint density at radius 1 is 1.45 bits per heavy atom. The minimum atomic E-state index is -0.400. The zero-order chi connectivity index (χ0) is 13.9. The molecule has 1 aromatic carbocycles. The maximum atomic E-state index is 11.5. The first-order valence-corrected chi connectivity index (χ1v) is 7.34. The summed E-state index contributed by atoms with van der Waals surface area (Å²) in [5.74, 6) is 0.806. The molecule has 2 heterocycles. The normalized spacial score (nSPS) is 17.6. The third-order valence-corrected chi connectivity index (χ3v) is 3.94. The predicted octanol–water partition coefficient (Wildman–Crippen LogP) is 3.82. The van der Waals surface area contributed by atoms with Crippen molar-refractivity contribution in [2.24, 2.45) is 0 Å². The molecule has 3 rings (SSSR count). The van der Waals surface area contributed by atoms with Gasteiger partial charge in [0.05, 0.1) is 0 Å². The largest absolute Gasteiger partial charge is 0.488 e. The van der Waals surface area contributed by atoms with Crippen molar-refractivity contribution in [1.29, 1.82) is 0 Å². The summed E-state index contributed by atoms with van der Waals surface area (Å²) < 4.78 is 10.9. The number of amides is 1. The molecule has 1 aliphatic heterocycles. The fraction of sp³-hybridized carbons (Fsp3) is 0.267. The van der Waals surface area contributed by atoms with Crippen LogP contribution in [0.3, 0.4) is 0 Å². The number of nitrogens with one attached hydrogen (secondary N) is 1. The number of carbonyl (C=O) groups is 1. The van der Waals surface area contributed by atoms with Crippen molar-refractivity contribution in [1.82, 2.24) is 0 Å². The summed E-state index contributed by atoms with van der Waals surface area (Å²) in [6.07, 6.45) is 0.150. The van der Waals surface area contributed by atoms with Gasteiger partial charge in [0.2, 0.25) is 0 Å². The number of hydrogen-bond acceptors (Lipinski definition) is 4. The summed E-state index contributed by atoms with van der Waals surface area (Å²) in [4.78, 5) is 12.6. The molecule has 0 radical (unpaired) electrons. The molecule has 0 saturated carbocycles. The van der Waals surface area contributed by atoms with Crippen LogP contribution < -0.4 is 10.1 Å². The molecule has 0 fully saturated rings. The molecule has 1 N–H and O–H groups in total. The predicted molar refractivity (Wildman–Crippen MR) is 78.4 cm³/mol. The maximum Gasteiger partial charge on any atom is 0.411 e. The minimum Gasteiger partial charge on any atom is -0.488 e. The van der Waals surface area contributed by atoms with E-state index >= 15 is 0 Å². The van der Waals surface area contributed by atoms with E-state index in [9.17, 15) is 4.79 Å². The monoisotopic (exact) mass is 289 g/mol. The Morgan fingerprint density at radius 3 is 3.15 bits per heavy atom. The second-order valence-electron chi connectivity index (χ2n) is 4.73. The summed E-state index contributed by atoms with van der Waals surface area (Å²) in [5, 5.41) is 4.77. The number of anilines is 1. The molecule has 0 saturated heterocycles. The molecule has 2 aromatic rings. The minimum absolute atomic E-state index is 0.135. The van der Waals surface area contributed by atoms with Gasteiger partial charge in [0.25, 0.3) is 0 Å². The Bertz CT molecular complexity index is 610. The zero-order valence-electron chi connectivity index (χ0n) is 11.1. The van der Waals surface area contributed by atoms with Crippen LogP contribution in [-0.2, 0) is 17.8 Å². The smallest absolute Gasteiger partial charge is 0.411 e. The van der Waals surface area contributed by atoms with Crippen LogP contribution in [0.25, 0.3) is 0 Å². The number of thiophene rings is 1. The zero-order valence-corrected chi connectivity index (χ0v) is 11.9. The first-order chi connectivity index (χ1) is 9.70. The van der Waals surface area contributed by atoms with E-state index < -0.39 is 6.09 Å². The Hall–Kier alpha value is -2.01. The molecule has 1 amide bonds. The highest BCUT2D eigenvalue weighted by Gasteiger charge is 2.19. The van der Waals surface area contributed by atoms with E-state index in [2.05, 4.69) is 5.32 Å². The first kappa shape index (κ1) is 13.0. The number of benzene rings is 1. The summed E-state index contributed by atoms with van der Waals surface area (Å²) in [5.41, 5.74) is 1.83. The van der Waals surface area contributed by atoms with E-state index in [0.29, 0.717) is 13.0 Å². The second-order valence-corrected chi connectivity index (χ2v) is 5.76.